The van der Waals surface area contributed by atoms with E-state index in [9.17, 15) is 4.79 Å². The van der Waals surface area contributed by atoms with Gasteiger partial charge in [-0.2, -0.15) is 0 Å². The van der Waals surface area contributed by atoms with Gasteiger partial charge in [-0.05, 0) is 77.4 Å². The van der Waals surface area contributed by atoms with Crippen molar-refractivity contribution < 1.29 is 9.53 Å². The van der Waals surface area contributed by atoms with Gasteiger partial charge in [0.1, 0.15) is 5.60 Å². The molecule has 1 atom stereocenters. The van der Waals surface area contributed by atoms with Gasteiger partial charge in [0.2, 0.25) is 0 Å². The molecule has 3 heterocycles. The summed E-state index contributed by atoms with van der Waals surface area (Å²) in [5.74, 6) is 0. The number of para-hydroxylation sites is 1. The second-order valence-electron chi connectivity index (χ2n) is 9.95. The first kappa shape index (κ1) is 24.7. The Bertz CT molecular complexity index is 1240. The highest BCUT2D eigenvalue weighted by atomic mass is 16.6. The third-order valence-electron chi connectivity index (χ3n) is 6.21. The normalized spacial score (nSPS) is 14.9. The number of aromatic nitrogens is 2. The molecule has 1 aliphatic heterocycles. The largest absolute Gasteiger partial charge is 0.443 e. The van der Waals surface area contributed by atoms with Crippen LogP contribution in [0, 0.1) is 0 Å². The average molecular weight is 470 g/mol. The number of ether oxygens (including phenoxy) is 1. The minimum atomic E-state index is -0.534. The molecular formula is C30H35N3O2. The van der Waals surface area contributed by atoms with Crippen LogP contribution in [0.25, 0.3) is 22.2 Å². The lowest BCUT2D eigenvalue weighted by molar-refractivity contribution is 0.0544. The second-order valence-corrected chi connectivity index (χ2v) is 9.95. The van der Waals surface area contributed by atoms with Crippen molar-refractivity contribution in [1.29, 1.82) is 0 Å². The van der Waals surface area contributed by atoms with Crippen LogP contribution in [0.15, 0.2) is 85.2 Å². The van der Waals surface area contributed by atoms with Gasteiger partial charge in [0.15, 0.2) is 0 Å². The summed E-state index contributed by atoms with van der Waals surface area (Å²) < 4.78 is 7.03. The molecule has 0 radical (unpaired) electrons. The summed E-state index contributed by atoms with van der Waals surface area (Å²) in [6.07, 6.45) is 5.90. The van der Waals surface area contributed by atoms with Crippen LogP contribution in [0.3, 0.4) is 0 Å². The quantitative estimate of drug-likeness (QED) is 0.315. The Morgan fingerprint density at radius 3 is 2.23 bits per heavy atom. The fourth-order valence-electron chi connectivity index (χ4n) is 4.44. The molecule has 35 heavy (non-hydrogen) atoms. The Hall–Kier alpha value is -3.44. The number of rotatable bonds is 3. The van der Waals surface area contributed by atoms with Crippen molar-refractivity contribution in [1.82, 2.24) is 14.5 Å². The predicted octanol–water partition coefficient (Wildman–Crippen LogP) is 7.33. The summed E-state index contributed by atoms with van der Waals surface area (Å²) in [4.78, 5) is 19.4. The molecule has 5 rings (SSSR count). The van der Waals surface area contributed by atoms with Gasteiger partial charge in [-0.25, -0.2) is 4.79 Å². The third-order valence-corrected chi connectivity index (χ3v) is 6.21. The van der Waals surface area contributed by atoms with Crippen LogP contribution in [0.1, 0.15) is 52.1 Å². The molecule has 0 saturated carbocycles. The van der Waals surface area contributed by atoms with Crippen molar-refractivity contribution >= 4 is 17.0 Å². The zero-order valence-electron chi connectivity index (χ0n) is 21.1. The van der Waals surface area contributed by atoms with E-state index < -0.39 is 5.60 Å². The molecule has 0 spiro atoms. The highest BCUT2D eigenvalue weighted by Gasteiger charge is 2.21. The van der Waals surface area contributed by atoms with Gasteiger partial charge >= 0.3 is 6.09 Å². The molecule has 0 aliphatic carbocycles. The molecule has 0 amide bonds. The van der Waals surface area contributed by atoms with Crippen molar-refractivity contribution in [2.24, 2.45) is 0 Å². The Morgan fingerprint density at radius 1 is 0.914 bits per heavy atom. The van der Waals surface area contributed by atoms with E-state index in [2.05, 4.69) is 47.1 Å². The van der Waals surface area contributed by atoms with Gasteiger partial charge in [-0.15, -0.1) is 0 Å². The van der Waals surface area contributed by atoms with Crippen LogP contribution in [0.5, 0.6) is 0 Å². The number of carbonyl (C=O) groups excluding carboxylic acids is 1. The second kappa shape index (κ2) is 10.9. The molecule has 4 aromatic rings. The Labute approximate surface area is 208 Å². The summed E-state index contributed by atoms with van der Waals surface area (Å²) in [6.45, 7) is 10.4. The van der Waals surface area contributed by atoms with Crippen LogP contribution in [-0.2, 0) is 4.74 Å². The number of nitrogens with zero attached hydrogens (tertiary/aromatic N) is 3. The first-order valence-electron chi connectivity index (χ1n) is 12.4. The maximum atomic E-state index is 12.4. The molecule has 182 valence electrons. The number of hydrogen-bond acceptors (Lipinski definition) is 4. The zero-order chi connectivity index (χ0) is 24.8. The lowest BCUT2D eigenvalue weighted by Gasteiger charge is -2.23. The molecule has 1 aliphatic rings. The average Bonchev–Trinajstić information content (AvgIpc) is 3.53. The Morgan fingerprint density at radius 2 is 1.57 bits per heavy atom. The van der Waals surface area contributed by atoms with Crippen molar-refractivity contribution in [2.45, 2.75) is 52.2 Å². The highest BCUT2D eigenvalue weighted by molar-refractivity contribution is 5.99. The van der Waals surface area contributed by atoms with Crippen LogP contribution >= 0.6 is 0 Å². The number of carbonyl (C=O) groups is 1. The van der Waals surface area contributed by atoms with E-state index in [1.165, 1.54) is 31.5 Å². The predicted molar refractivity (Wildman–Crippen MR) is 142 cm³/mol. The minimum absolute atomic E-state index is 0.383. The topological polar surface area (TPSA) is 47.4 Å². The van der Waals surface area contributed by atoms with Gasteiger partial charge < -0.3 is 4.74 Å². The van der Waals surface area contributed by atoms with Crippen LogP contribution in [-0.4, -0.2) is 39.2 Å². The number of fused-ring (bicyclic) bond motifs is 1. The van der Waals surface area contributed by atoms with E-state index in [-0.39, 0.29) is 6.09 Å². The molecule has 5 heteroatoms. The number of hydrogen-bond donors (Lipinski definition) is 0. The molecule has 0 N–H and O–H groups in total. The highest BCUT2D eigenvalue weighted by Crippen LogP contribution is 2.30. The monoisotopic (exact) mass is 469 g/mol. The van der Waals surface area contributed by atoms with E-state index >= 15 is 0 Å². The smallest absolute Gasteiger partial charge is 0.419 e. The summed E-state index contributed by atoms with van der Waals surface area (Å²) in [5.41, 5.74) is 3.48. The standard InChI is InChI=1S/C18H18N2O2.C12H17N/c1-18(2,3)22-17(21)20-12-14(15-9-6-7-11-19-15)13-8-4-5-10-16(13)20;1-11(13-9-5-6-10-13)12-7-3-2-4-8-12/h4-12H,1-3H3;2-4,7-8,11H,5-6,9-10H2,1H3. The van der Waals surface area contributed by atoms with Gasteiger partial charge in [0.25, 0.3) is 0 Å². The molecule has 1 saturated heterocycles. The Balaban J connectivity index is 0.000000189. The van der Waals surface area contributed by atoms with Gasteiger partial charge in [-0.3, -0.25) is 14.5 Å². The first-order valence-corrected chi connectivity index (χ1v) is 12.4. The maximum Gasteiger partial charge on any atom is 0.419 e. The molecule has 1 fully saturated rings. The molecular weight excluding hydrogens is 434 g/mol. The first-order chi connectivity index (χ1) is 16.8. The van der Waals surface area contributed by atoms with Gasteiger partial charge in [0.05, 0.1) is 11.2 Å². The third kappa shape index (κ3) is 6.17. The van der Waals surface area contributed by atoms with E-state index in [4.69, 9.17) is 4.74 Å². The van der Waals surface area contributed by atoms with Crippen LogP contribution in [0.2, 0.25) is 0 Å². The van der Waals surface area contributed by atoms with Crippen molar-refractivity contribution in [3.8, 4) is 11.3 Å². The fraction of sp³-hybridized carbons (Fsp3) is 0.333. The molecule has 2 aromatic carbocycles. The molecule has 1 unspecified atom stereocenters. The Kier molecular flexibility index (Phi) is 7.67. The van der Waals surface area contributed by atoms with Gasteiger partial charge in [-0.1, -0.05) is 54.6 Å². The zero-order valence-corrected chi connectivity index (χ0v) is 21.1. The van der Waals surface area contributed by atoms with Crippen molar-refractivity contribution in [3.05, 3.63) is 90.8 Å². The van der Waals surface area contributed by atoms with Crippen LogP contribution in [0.4, 0.5) is 4.79 Å². The van der Waals surface area contributed by atoms with E-state index in [1.807, 2.05) is 63.2 Å². The SMILES string of the molecule is CC(C)(C)OC(=O)n1cc(-c2ccccn2)c2ccccc21.CC(c1ccccc1)N1CCCC1. The molecule has 2 aromatic heterocycles. The van der Waals surface area contributed by atoms with Crippen LogP contribution < -0.4 is 0 Å². The lowest BCUT2D eigenvalue weighted by atomic mass is 10.1. The maximum absolute atomic E-state index is 12.4. The summed E-state index contributed by atoms with van der Waals surface area (Å²) in [7, 11) is 0. The van der Waals surface area contributed by atoms with Gasteiger partial charge in [0, 0.05) is 29.4 Å². The van der Waals surface area contributed by atoms with E-state index in [0.717, 1.165) is 22.2 Å². The minimum Gasteiger partial charge on any atom is -0.443 e. The fourth-order valence-corrected chi connectivity index (χ4v) is 4.44. The van der Waals surface area contributed by atoms with Crippen molar-refractivity contribution in [3.63, 3.8) is 0 Å². The van der Waals surface area contributed by atoms with Crippen molar-refractivity contribution in [2.75, 3.05) is 13.1 Å². The number of benzene rings is 2. The number of likely N-dealkylation sites (tertiary alicyclic amines) is 1. The van der Waals surface area contributed by atoms with E-state index in [1.54, 1.807) is 17.0 Å². The summed E-state index contributed by atoms with van der Waals surface area (Å²) in [6, 6.07) is 24.9. The summed E-state index contributed by atoms with van der Waals surface area (Å²) >= 11 is 0. The number of pyridine rings is 1. The molecule has 0 bridgehead atoms. The van der Waals surface area contributed by atoms with E-state index in [0.29, 0.717) is 6.04 Å². The summed E-state index contributed by atoms with van der Waals surface area (Å²) in [5, 5.41) is 0.979. The molecule has 5 nitrogen and oxygen atoms in total. The lowest BCUT2D eigenvalue weighted by Crippen LogP contribution is -2.26.